The number of hydrazine groups is 2. The molecule has 0 radical (unpaired) electrons. The fourth-order valence-corrected chi connectivity index (χ4v) is 3.36. The van der Waals surface area contributed by atoms with Crippen LogP contribution in [0.4, 0.5) is 27.9 Å². The van der Waals surface area contributed by atoms with E-state index in [2.05, 4.69) is 25.7 Å². The first-order chi connectivity index (χ1) is 14.6. The van der Waals surface area contributed by atoms with Crippen LogP contribution in [-0.4, -0.2) is 39.7 Å². The van der Waals surface area contributed by atoms with E-state index in [0.717, 1.165) is 30.6 Å². The Kier molecular flexibility index (Phi) is 5.13. The van der Waals surface area contributed by atoms with E-state index in [0.29, 0.717) is 17.8 Å². The second-order valence-corrected chi connectivity index (χ2v) is 6.85. The summed E-state index contributed by atoms with van der Waals surface area (Å²) in [5, 5.41) is 1.49. The van der Waals surface area contributed by atoms with Crippen LogP contribution in [-0.2, 0) is 0 Å². The highest BCUT2D eigenvalue weighted by Crippen LogP contribution is 2.32. The van der Waals surface area contributed by atoms with E-state index in [4.69, 9.17) is 0 Å². The Morgan fingerprint density at radius 1 is 1.23 bits per heavy atom. The van der Waals surface area contributed by atoms with E-state index in [1.165, 1.54) is 9.91 Å². The van der Waals surface area contributed by atoms with Crippen molar-refractivity contribution < 1.29 is 31.5 Å². The molecule has 0 fully saturated rings. The number of rotatable bonds is 3. The zero-order chi connectivity index (χ0) is 22.3. The molecule has 2 aliphatic heterocycles. The standard InChI is InChI=1S/C18H15F5N6O2/c1-9-5-13-12(26-27-29(13)17-24-6-10(19)7-25-17)8-28(9)16(30)11-3-2-4-14(15(11)20)31-18(21,22)23/h2-4,6-7,9,26-27H,5,8H2,1H3. The predicted molar refractivity (Wildman–Crippen MR) is 96.0 cm³/mol. The molecule has 0 bridgehead atoms. The fourth-order valence-electron chi connectivity index (χ4n) is 3.36. The van der Waals surface area contributed by atoms with Crippen molar-refractivity contribution in [3.63, 3.8) is 0 Å². The molecule has 164 valence electrons. The van der Waals surface area contributed by atoms with Crippen molar-refractivity contribution >= 4 is 11.9 Å². The molecule has 31 heavy (non-hydrogen) atoms. The molecule has 0 saturated carbocycles. The molecule has 0 saturated heterocycles. The van der Waals surface area contributed by atoms with Crippen molar-refractivity contribution in [2.45, 2.75) is 25.7 Å². The van der Waals surface area contributed by atoms with Gasteiger partial charge in [0.1, 0.15) is 0 Å². The van der Waals surface area contributed by atoms with E-state index >= 15 is 0 Å². The van der Waals surface area contributed by atoms with Gasteiger partial charge in [0.15, 0.2) is 17.4 Å². The largest absolute Gasteiger partial charge is 0.573 e. The Balaban J connectivity index is 1.57. The lowest BCUT2D eigenvalue weighted by Gasteiger charge is -2.34. The fraction of sp³-hybridized carbons (Fsp3) is 0.278. The quantitative estimate of drug-likeness (QED) is 0.708. The van der Waals surface area contributed by atoms with Gasteiger partial charge in [-0.3, -0.25) is 4.79 Å². The number of hydrogen-bond acceptors (Lipinski definition) is 7. The number of benzene rings is 1. The minimum atomic E-state index is -5.09. The first kappa shape index (κ1) is 20.8. The molecule has 2 aliphatic rings. The van der Waals surface area contributed by atoms with Crippen LogP contribution in [0, 0.1) is 11.6 Å². The van der Waals surface area contributed by atoms with Crippen LogP contribution in [0.15, 0.2) is 42.0 Å². The number of nitrogens with one attached hydrogen (secondary N) is 2. The van der Waals surface area contributed by atoms with E-state index in [1.807, 2.05) is 0 Å². The van der Waals surface area contributed by atoms with E-state index in [1.54, 1.807) is 6.92 Å². The average Bonchev–Trinajstić information content (AvgIpc) is 3.11. The first-order valence-corrected chi connectivity index (χ1v) is 9.00. The third-order valence-corrected chi connectivity index (χ3v) is 4.77. The topological polar surface area (TPSA) is 82.6 Å². The monoisotopic (exact) mass is 442 g/mol. The number of amides is 1. The van der Waals surface area contributed by atoms with Gasteiger partial charge in [0, 0.05) is 12.5 Å². The molecule has 1 atom stereocenters. The molecular formula is C18H15F5N6O2. The van der Waals surface area contributed by atoms with Crippen LogP contribution in [0.25, 0.3) is 0 Å². The Bertz CT molecular complexity index is 1040. The number of ether oxygens (including phenoxy) is 1. The molecule has 1 amide bonds. The maximum atomic E-state index is 14.6. The third-order valence-electron chi connectivity index (χ3n) is 4.77. The van der Waals surface area contributed by atoms with Gasteiger partial charge >= 0.3 is 6.36 Å². The third kappa shape index (κ3) is 4.08. The molecule has 13 heteroatoms. The maximum absolute atomic E-state index is 14.6. The molecule has 4 rings (SSSR count). The Labute approximate surface area is 172 Å². The second kappa shape index (κ2) is 7.65. The summed E-state index contributed by atoms with van der Waals surface area (Å²) in [7, 11) is 0. The number of carbonyl (C=O) groups excluding carboxylic acids is 1. The van der Waals surface area contributed by atoms with Gasteiger partial charge in [-0.25, -0.2) is 23.8 Å². The zero-order valence-corrected chi connectivity index (χ0v) is 15.9. The number of nitrogens with zero attached hydrogens (tertiary/aromatic N) is 4. The first-order valence-electron chi connectivity index (χ1n) is 9.00. The van der Waals surface area contributed by atoms with Crippen molar-refractivity contribution in [2.24, 2.45) is 0 Å². The van der Waals surface area contributed by atoms with Crippen molar-refractivity contribution in [1.82, 2.24) is 25.8 Å². The molecule has 0 aliphatic carbocycles. The lowest BCUT2D eigenvalue weighted by atomic mass is 10.0. The highest BCUT2D eigenvalue weighted by molar-refractivity contribution is 5.95. The number of aromatic nitrogens is 2. The van der Waals surface area contributed by atoms with E-state index < -0.39 is 41.3 Å². The number of hydrogen-bond donors (Lipinski definition) is 2. The molecule has 1 aromatic heterocycles. The van der Waals surface area contributed by atoms with Crippen LogP contribution in [0.3, 0.4) is 0 Å². The molecule has 1 unspecified atom stereocenters. The van der Waals surface area contributed by atoms with Crippen LogP contribution in [0.1, 0.15) is 23.7 Å². The molecular weight excluding hydrogens is 427 g/mol. The second-order valence-electron chi connectivity index (χ2n) is 6.85. The van der Waals surface area contributed by atoms with Crippen LogP contribution in [0.2, 0.25) is 0 Å². The van der Waals surface area contributed by atoms with Gasteiger partial charge in [-0.05, 0) is 19.1 Å². The van der Waals surface area contributed by atoms with Gasteiger partial charge < -0.3 is 15.1 Å². The van der Waals surface area contributed by atoms with Crippen LogP contribution in [0.5, 0.6) is 5.75 Å². The van der Waals surface area contributed by atoms with Gasteiger partial charge in [0.2, 0.25) is 5.95 Å². The highest BCUT2D eigenvalue weighted by atomic mass is 19.4. The Morgan fingerprint density at radius 3 is 2.61 bits per heavy atom. The number of carbonyl (C=O) groups is 1. The summed E-state index contributed by atoms with van der Waals surface area (Å²) in [4.78, 5) is 22.0. The zero-order valence-electron chi connectivity index (χ0n) is 15.9. The van der Waals surface area contributed by atoms with Crippen LogP contribution >= 0.6 is 0 Å². The predicted octanol–water partition coefficient (Wildman–Crippen LogP) is 2.63. The van der Waals surface area contributed by atoms with Crippen molar-refractivity contribution in [3.05, 3.63) is 59.2 Å². The van der Waals surface area contributed by atoms with Gasteiger partial charge in [-0.1, -0.05) is 6.07 Å². The summed E-state index contributed by atoms with van der Waals surface area (Å²) >= 11 is 0. The summed E-state index contributed by atoms with van der Waals surface area (Å²) in [6, 6.07) is 2.56. The van der Waals surface area contributed by atoms with E-state index in [9.17, 15) is 26.7 Å². The van der Waals surface area contributed by atoms with Gasteiger partial charge in [0.05, 0.1) is 35.9 Å². The summed E-state index contributed by atoms with van der Waals surface area (Å²) in [6.07, 6.45) is -2.79. The van der Waals surface area contributed by atoms with Gasteiger partial charge in [0.25, 0.3) is 5.91 Å². The average molecular weight is 442 g/mol. The normalized spacial score (nSPS) is 18.7. The summed E-state index contributed by atoms with van der Waals surface area (Å²) in [6.45, 7) is 1.72. The summed E-state index contributed by atoms with van der Waals surface area (Å²) in [5.74, 6) is -3.69. The maximum Gasteiger partial charge on any atom is 0.573 e. The number of anilines is 1. The van der Waals surface area contributed by atoms with E-state index in [-0.39, 0.29) is 12.5 Å². The SMILES string of the molecule is CC1CC2=C(CN1C(=O)c1cccc(OC(F)(F)F)c1F)NNN2c1ncc(F)cn1. The Morgan fingerprint density at radius 2 is 1.94 bits per heavy atom. The molecule has 0 spiro atoms. The van der Waals surface area contributed by atoms with Crippen molar-refractivity contribution in [1.29, 1.82) is 0 Å². The lowest BCUT2D eigenvalue weighted by molar-refractivity contribution is -0.275. The smallest absolute Gasteiger partial charge is 0.403 e. The minimum absolute atomic E-state index is 0.0177. The van der Waals surface area contributed by atoms with Gasteiger partial charge in [-0.2, -0.15) is 0 Å². The molecule has 3 heterocycles. The highest BCUT2D eigenvalue weighted by Gasteiger charge is 2.38. The minimum Gasteiger partial charge on any atom is -0.403 e. The van der Waals surface area contributed by atoms with Crippen molar-refractivity contribution in [2.75, 3.05) is 11.6 Å². The number of alkyl halides is 3. The summed E-state index contributed by atoms with van der Waals surface area (Å²) < 4.78 is 68.7. The number of halogens is 5. The summed E-state index contributed by atoms with van der Waals surface area (Å²) in [5.41, 5.74) is 6.37. The molecule has 8 nitrogen and oxygen atoms in total. The Hall–Kier alpha value is -3.48. The lowest BCUT2D eigenvalue weighted by Crippen LogP contribution is -2.45. The molecule has 2 N–H and O–H groups in total. The van der Waals surface area contributed by atoms with Crippen LogP contribution < -0.4 is 20.7 Å². The molecule has 1 aromatic carbocycles. The van der Waals surface area contributed by atoms with Gasteiger partial charge in [-0.15, -0.1) is 18.7 Å². The van der Waals surface area contributed by atoms with Crippen molar-refractivity contribution in [3.8, 4) is 5.75 Å². The molecule has 2 aromatic rings.